The molecule has 11 heteroatoms. The zero-order chi connectivity index (χ0) is 16.4. The first-order valence-corrected chi connectivity index (χ1v) is 8.59. The number of halogens is 4. The average Bonchev–Trinajstić information content (AvgIpc) is 2.33. The fraction of sp³-hybridized carbons (Fsp3) is 0.300. The number of rotatable bonds is 5. The Morgan fingerprint density at radius 2 is 1.95 bits per heavy atom. The summed E-state index contributed by atoms with van der Waals surface area (Å²) in [6, 6.07) is 3.00. The first kappa shape index (κ1) is 18.8. The van der Waals surface area contributed by atoms with E-state index in [1.165, 1.54) is 13.2 Å². The molecule has 0 amide bonds. The molecule has 0 saturated heterocycles. The molecule has 0 atom stereocenters. The molecule has 0 aromatic heterocycles. The van der Waals surface area contributed by atoms with E-state index in [-0.39, 0.29) is 11.3 Å². The van der Waals surface area contributed by atoms with Crippen LogP contribution in [0.4, 0.5) is 8.78 Å². The Labute approximate surface area is 146 Å². The van der Waals surface area contributed by atoms with Crippen molar-refractivity contribution in [3.8, 4) is 5.75 Å². The maximum atomic E-state index is 12.9. The van der Waals surface area contributed by atoms with Gasteiger partial charge in [0.1, 0.15) is 11.3 Å². The molecule has 0 aliphatic heterocycles. The van der Waals surface area contributed by atoms with Crippen molar-refractivity contribution in [1.29, 1.82) is 0 Å². The van der Waals surface area contributed by atoms with E-state index in [2.05, 4.69) is 4.74 Å². The molecule has 118 valence electrons. The second kappa shape index (κ2) is 6.87. The Kier molecular flexibility index (Phi) is 6.14. The zero-order valence-corrected chi connectivity index (χ0v) is 15.4. The number of carbonyl (C=O) groups is 1. The number of hydrogen-bond donors (Lipinski definition) is 0. The van der Waals surface area contributed by atoms with Crippen LogP contribution in [-0.4, -0.2) is 37.9 Å². The minimum absolute atomic E-state index is 0.106. The summed E-state index contributed by atoms with van der Waals surface area (Å²) in [5.41, 5.74) is -0.145. The minimum Gasteiger partial charge on any atom is -0.743 e. The molecule has 0 aliphatic carbocycles. The molecular formula is C10H7F2I2O6S-. The van der Waals surface area contributed by atoms with Gasteiger partial charge in [-0.3, -0.25) is 0 Å². The maximum Gasteiger partial charge on any atom is 0.367 e. The summed E-state index contributed by atoms with van der Waals surface area (Å²) in [4.78, 5) is 11.8. The second-order valence-electron chi connectivity index (χ2n) is 3.64. The number of hydrogen-bond acceptors (Lipinski definition) is 6. The molecule has 21 heavy (non-hydrogen) atoms. The summed E-state index contributed by atoms with van der Waals surface area (Å²) in [6.45, 7) is -1.86. The molecule has 0 spiro atoms. The van der Waals surface area contributed by atoms with E-state index in [1.54, 1.807) is 6.07 Å². The van der Waals surface area contributed by atoms with Crippen molar-refractivity contribution < 1.29 is 36.0 Å². The summed E-state index contributed by atoms with van der Waals surface area (Å²) in [7, 11) is -4.63. The molecule has 0 N–H and O–H groups in total. The van der Waals surface area contributed by atoms with Crippen molar-refractivity contribution in [3.63, 3.8) is 0 Å². The number of esters is 1. The van der Waals surface area contributed by atoms with Gasteiger partial charge < -0.3 is 14.0 Å². The van der Waals surface area contributed by atoms with Crippen molar-refractivity contribution in [3.05, 3.63) is 24.8 Å². The number of alkyl halides is 2. The number of carbonyl (C=O) groups excluding carboxylic acids is 1. The van der Waals surface area contributed by atoms with Crippen molar-refractivity contribution in [2.24, 2.45) is 0 Å². The highest BCUT2D eigenvalue weighted by Gasteiger charge is 2.39. The molecule has 1 aromatic rings. The van der Waals surface area contributed by atoms with Crippen LogP contribution in [0.5, 0.6) is 5.75 Å². The van der Waals surface area contributed by atoms with Gasteiger partial charge in [-0.05, 0) is 57.3 Å². The Bertz CT molecular complexity index is 662. The summed E-state index contributed by atoms with van der Waals surface area (Å²) in [5, 5.41) is -4.69. The van der Waals surface area contributed by atoms with Crippen molar-refractivity contribution in [2.45, 2.75) is 5.25 Å². The molecule has 6 nitrogen and oxygen atoms in total. The van der Waals surface area contributed by atoms with E-state index < -0.39 is 27.9 Å². The van der Waals surface area contributed by atoms with Crippen LogP contribution in [0.15, 0.2) is 12.1 Å². The van der Waals surface area contributed by atoms with Crippen LogP contribution in [0.25, 0.3) is 0 Å². The Morgan fingerprint density at radius 3 is 2.43 bits per heavy atom. The number of methoxy groups -OCH3 is 1. The summed E-state index contributed by atoms with van der Waals surface area (Å²) in [6.07, 6.45) is 0. The van der Waals surface area contributed by atoms with E-state index >= 15 is 0 Å². The molecule has 0 aliphatic rings. The monoisotopic (exact) mass is 547 g/mol. The molecular weight excluding hydrogens is 540 g/mol. The highest BCUT2D eigenvalue weighted by atomic mass is 127. The number of ether oxygens (including phenoxy) is 2. The Balaban J connectivity index is 3.01. The quantitative estimate of drug-likeness (QED) is 0.319. The maximum absolute atomic E-state index is 12.9. The average molecular weight is 547 g/mol. The minimum atomic E-state index is -5.91. The fourth-order valence-electron chi connectivity index (χ4n) is 1.22. The van der Waals surface area contributed by atoms with E-state index in [0.717, 1.165) is 0 Å². The van der Waals surface area contributed by atoms with Crippen LogP contribution < -0.4 is 4.74 Å². The lowest BCUT2D eigenvalue weighted by Gasteiger charge is -2.19. The van der Waals surface area contributed by atoms with Gasteiger partial charge in [0, 0.05) is 3.57 Å². The molecule has 0 bridgehead atoms. The van der Waals surface area contributed by atoms with E-state index in [0.29, 0.717) is 7.14 Å². The van der Waals surface area contributed by atoms with Gasteiger partial charge in [-0.2, -0.15) is 8.78 Å². The van der Waals surface area contributed by atoms with Gasteiger partial charge in [0.25, 0.3) is 0 Å². The molecule has 1 aromatic carbocycles. The highest BCUT2D eigenvalue weighted by molar-refractivity contribution is 14.1. The van der Waals surface area contributed by atoms with Crippen molar-refractivity contribution in [2.75, 3.05) is 13.7 Å². The lowest BCUT2D eigenvalue weighted by molar-refractivity contribution is -0.0102. The van der Waals surface area contributed by atoms with Crippen LogP contribution in [-0.2, 0) is 14.9 Å². The van der Waals surface area contributed by atoms with Crippen LogP contribution in [0.1, 0.15) is 10.4 Å². The summed E-state index contributed by atoms with van der Waals surface area (Å²) < 4.78 is 67.1. The Hall–Kier alpha value is -0.280. The molecule has 0 heterocycles. The SMILES string of the molecule is COc1c(I)cc(I)cc1C(=O)OCC(F)(F)S(=O)(=O)[O-]. The molecule has 0 radical (unpaired) electrons. The van der Waals surface area contributed by atoms with Gasteiger partial charge in [-0.15, -0.1) is 0 Å². The Morgan fingerprint density at radius 1 is 1.38 bits per heavy atom. The summed E-state index contributed by atoms with van der Waals surface area (Å²) >= 11 is 3.76. The first-order chi connectivity index (χ1) is 9.49. The molecule has 0 saturated carbocycles. The highest BCUT2D eigenvalue weighted by Crippen LogP contribution is 2.29. The number of benzene rings is 1. The van der Waals surface area contributed by atoms with Gasteiger partial charge in [0.2, 0.25) is 0 Å². The van der Waals surface area contributed by atoms with Gasteiger partial charge in [0.05, 0.1) is 10.7 Å². The predicted molar refractivity (Wildman–Crippen MR) is 83.4 cm³/mol. The lowest BCUT2D eigenvalue weighted by atomic mass is 10.2. The van der Waals surface area contributed by atoms with Crippen LogP contribution >= 0.6 is 45.2 Å². The third-order valence-corrected chi connectivity index (χ3v) is 4.44. The van der Waals surface area contributed by atoms with Crippen LogP contribution in [0.2, 0.25) is 0 Å². The lowest BCUT2D eigenvalue weighted by Crippen LogP contribution is -2.34. The van der Waals surface area contributed by atoms with Crippen molar-refractivity contribution in [1.82, 2.24) is 0 Å². The van der Waals surface area contributed by atoms with Crippen LogP contribution in [0.3, 0.4) is 0 Å². The second-order valence-corrected chi connectivity index (χ2v) is 7.55. The first-order valence-electron chi connectivity index (χ1n) is 5.03. The van der Waals surface area contributed by atoms with Gasteiger partial charge in [0.15, 0.2) is 16.7 Å². The van der Waals surface area contributed by atoms with Crippen molar-refractivity contribution >= 4 is 61.3 Å². The summed E-state index contributed by atoms with van der Waals surface area (Å²) in [5.74, 6) is -1.11. The van der Waals surface area contributed by atoms with E-state index in [4.69, 9.17) is 4.74 Å². The third kappa shape index (κ3) is 4.59. The zero-order valence-electron chi connectivity index (χ0n) is 10.2. The van der Waals surface area contributed by atoms with E-state index in [1.807, 2.05) is 45.2 Å². The van der Waals surface area contributed by atoms with Gasteiger partial charge in [-0.1, -0.05) is 0 Å². The largest absolute Gasteiger partial charge is 0.743 e. The predicted octanol–water partition coefficient (Wildman–Crippen LogP) is 2.20. The molecule has 1 rings (SSSR count). The standard InChI is InChI=1S/C10H8F2I2O6S/c1-19-8-6(2-5(13)3-7(8)14)9(15)20-4-10(11,12)21(16,17)18/h2-3H,4H2,1H3,(H,16,17,18)/p-1. The smallest absolute Gasteiger partial charge is 0.367 e. The van der Waals surface area contributed by atoms with E-state index in [9.17, 15) is 26.5 Å². The van der Waals surface area contributed by atoms with Crippen LogP contribution in [0, 0.1) is 7.14 Å². The topological polar surface area (TPSA) is 92.7 Å². The molecule has 0 unspecified atom stereocenters. The molecule has 0 fully saturated rings. The van der Waals surface area contributed by atoms with Gasteiger partial charge in [-0.25, -0.2) is 13.2 Å². The fourth-order valence-corrected chi connectivity index (χ4v) is 3.49. The normalized spacial score (nSPS) is 12.1. The van der Waals surface area contributed by atoms with Gasteiger partial charge >= 0.3 is 11.2 Å². The third-order valence-electron chi connectivity index (χ3n) is 2.17.